The van der Waals surface area contributed by atoms with Gasteiger partial charge in [-0.25, -0.2) is 0 Å². The third-order valence-corrected chi connectivity index (χ3v) is 4.63. The zero-order valence-corrected chi connectivity index (χ0v) is 12.8. The molecule has 1 aromatic carbocycles. The molecule has 0 spiro atoms. The highest BCUT2D eigenvalue weighted by Crippen LogP contribution is 2.43. The molecule has 0 saturated carbocycles. The van der Waals surface area contributed by atoms with E-state index in [2.05, 4.69) is 10.2 Å². The van der Waals surface area contributed by atoms with Gasteiger partial charge in [0.2, 0.25) is 12.7 Å². The molecule has 1 atom stereocenters. The molecule has 0 aromatic heterocycles. The number of fused-ring (bicyclic) bond motifs is 2. The van der Waals surface area contributed by atoms with Gasteiger partial charge in [0.25, 0.3) is 0 Å². The Morgan fingerprint density at radius 2 is 1.91 bits per heavy atom. The van der Waals surface area contributed by atoms with E-state index in [0.29, 0.717) is 5.75 Å². The Hall–Kier alpha value is -1.95. The minimum absolute atomic E-state index is 0.116. The van der Waals surface area contributed by atoms with E-state index in [1.165, 1.54) is 12.8 Å². The molecule has 1 unspecified atom stereocenters. The first-order chi connectivity index (χ1) is 10.7. The molecule has 6 heteroatoms. The maximum atomic E-state index is 12.6. The summed E-state index contributed by atoms with van der Waals surface area (Å²) < 4.78 is 10.9. The summed E-state index contributed by atoms with van der Waals surface area (Å²) in [7, 11) is 0. The molecule has 1 fully saturated rings. The Morgan fingerprint density at radius 1 is 1.18 bits per heavy atom. The van der Waals surface area contributed by atoms with Crippen molar-refractivity contribution < 1.29 is 14.3 Å². The SMILES string of the molecule is CC1Nc2cc3c(cc2N(CCN2CCCC2)C1=O)OCO3. The highest BCUT2D eigenvalue weighted by molar-refractivity contribution is 6.05. The summed E-state index contributed by atoms with van der Waals surface area (Å²) in [5.41, 5.74) is 1.84. The van der Waals surface area contributed by atoms with Crippen LogP contribution in [0.5, 0.6) is 11.5 Å². The molecular formula is C16H21N3O3. The van der Waals surface area contributed by atoms with E-state index in [1.54, 1.807) is 0 Å². The number of carbonyl (C=O) groups excluding carboxylic acids is 1. The van der Waals surface area contributed by atoms with Crippen LogP contribution in [0.3, 0.4) is 0 Å². The van der Waals surface area contributed by atoms with Gasteiger partial charge in [0.05, 0.1) is 11.4 Å². The number of anilines is 2. The second-order valence-corrected chi connectivity index (χ2v) is 6.13. The van der Waals surface area contributed by atoms with Crippen molar-refractivity contribution in [2.75, 3.05) is 43.2 Å². The predicted molar refractivity (Wildman–Crippen MR) is 83.7 cm³/mol. The summed E-state index contributed by atoms with van der Waals surface area (Å²) in [5, 5.41) is 3.26. The predicted octanol–water partition coefficient (Wildman–Crippen LogP) is 1.66. The lowest BCUT2D eigenvalue weighted by atomic mass is 10.1. The molecule has 3 heterocycles. The van der Waals surface area contributed by atoms with Crippen molar-refractivity contribution in [2.45, 2.75) is 25.8 Å². The largest absolute Gasteiger partial charge is 0.454 e. The first-order valence-corrected chi connectivity index (χ1v) is 7.96. The van der Waals surface area contributed by atoms with Crippen LogP contribution in [0.1, 0.15) is 19.8 Å². The van der Waals surface area contributed by atoms with Crippen molar-refractivity contribution in [3.05, 3.63) is 12.1 Å². The highest BCUT2D eigenvalue weighted by atomic mass is 16.7. The van der Waals surface area contributed by atoms with E-state index in [-0.39, 0.29) is 18.7 Å². The van der Waals surface area contributed by atoms with E-state index in [9.17, 15) is 4.79 Å². The van der Waals surface area contributed by atoms with Crippen LogP contribution in [0.15, 0.2) is 12.1 Å². The van der Waals surface area contributed by atoms with Crippen molar-refractivity contribution >= 4 is 17.3 Å². The van der Waals surface area contributed by atoms with Crippen molar-refractivity contribution in [1.29, 1.82) is 0 Å². The minimum Gasteiger partial charge on any atom is -0.454 e. The average molecular weight is 303 g/mol. The summed E-state index contributed by atoms with van der Waals surface area (Å²) in [5.74, 6) is 1.58. The summed E-state index contributed by atoms with van der Waals surface area (Å²) in [6.07, 6.45) is 2.53. The zero-order valence-electron chi connectivity index (χ0n) is 12.8. The second-order valence-electron chi connectivity index (χ2n) is 6.13. The van der Waals surface area contributed by atoms with Gasteiger partial charge in [0, 0.05) is 25.2 Å². The van der Waals surface area contributed by atoms with Crippen molar-refractivity contribution in [2.24, 2.45) is 0 Å². The third-order valence-electron chi connectivity index (χ3n) is 4.63. The van der Waals surface area contributed by atoms with Gasteiger partial charge in [-0.3, -0.25) is 4.79 Å². The van der Waals surface area contributed by atoms with E-state index in [4.69, 9.17) is 9.47 Å². The molecular weight excluding hydrogens is 282 g/mol. The maximum Gasteiger partial charge on any atom is 0.249 e. The molecule has 3 aliphatic rings. The molecule has 118 valence electrons. The topological polar surface area (TPSA) is 54.0 Å². The Balaban J connectivity index is 1.61. The van der Waals surface area contributed by atoms with Gasteiger partial charge in [-0.05, 0) is 32.9 Å². The number of nitrogens with zero attached hydrogens (tertiary/aromatic N) is 2. The van der Waals surface area contributed by atoms with E-state index in [0.717, 1.165) is 43.3 Å². The Morgan fingerprint density at radius 3 is 2.68 bits per heavy atom. The highest BCUT2D eigenvalue weighted by Gasteiger charge is 2.32. The zero-order chi connectivity index (χ0) is 15.1. The minimum atomic E-state index is -0.216. The maximum absolute atomic E-state index is 12.6. The number of rotatable bonds is 3. The fourth-order valence-corrected chi connectivity index (χ4v) is 3.40. The fourth-order valence-electron chi connectivity index (χ4n) is 3.40. The van der Waals surface area contributed by atoms with Crippen LogP contribution in [-0.2, 0) is 4.79 Å². The molecule has 3 aliphatic heterocycles. The molecule has 0 radical (unpaired) electrons. The van der Waals surface area contributed by atoms with Gasteiger partial charge in [-0.1, -0.05) is 0 Å². The summed E-state index contributed by atoms with van der Waals surface area (Å²) in [6, 6.07) is 3.63. The van der Waals surface area contributed by atoms with Gasteiger partial charge in [-0.15, -0.1) is 0 Å². The number of carbonyl (C=O) groups is 1. The monoisotopic (exact) mass is 303 g/mol. The van der Waals surface area contributed by atoms with Crippen LogP contribution >= 0.6 is 0 Å². The summed E-state index contributed by atoms with van der Waals surface area (Å²) in [6.45, 7) is 6.08. The number of likely N-dealkylation sites (tertiary alicyclic amines) is 1. The number of hydrogen-bond acceptors (Lipinski definition) is 5. The molecule has 1 N–H and O–H groups in total. The Kier molecular flexibility index (Phi) is 3.33. The van der Waals surface area contributed by atoms with Crippen LogP contribution in [0.2, 0.25) is 0 Å². The van der Waals surface area contributed by atoms with E-state index < -0.39 is 0 Å². The smallest absolute Gasteiger partial charge is 0.249 e. The summed E-state index contributed by atoms with van der Waals surface area (Å²) in [4.78, 5) is 16.9. The van der Waals surface area contributed by atoms with Crippen LogP contribution in [-0.4, -0.2) is 49.8 Å². The molecule has 1 amide bonds. The lowest BCUT2D eigenvalue weighted by Gasteiger charge is -2.35. The normalized spacial score (nSPS) is 23.6. The average Bonchev–Trinajstić information content (AvgIpc) is 3.16. The van der Waals surface area contributed by atoms with Crippen molar-refractivity contribution in [1.82, 2.24) is 4.90 Å². The number of hydrogen-bond donors (Lipinski definition) is 1. The number of nitrogens with one attached hydrogen (secondary N) is 1. The lowest BCUT2D eigenvalue weighted by molar-refractivity contribution is -0.119. The van der Waals surface area contributed by atoms with Crippen LogP contribution in [0.25, 0.3) is 0 Å². The molecule has 1 aromatic rings. The fraction of sp³-hybridized carbons (Fsp3) is 0.562. The molecule has 4 rings (SSSR count). The van der Waals surface area contributed by atoms with Crippen molar-refractivity contribution in [3.63, 3.8) is 0 Å². The third kappa shape index (κ3) is 2.27. The van der Waals surface area contributed by atoms with Gasteiger partial charge >= 0.3 is 0 Å². The number of amides is 1. The quantitative estimate of drug-likeness (QED) is 0.920. The van der Waals surface area contributed by atoms with Gasteiger partial charge in [-0.2, -0.15) is 0 Å². The number of ether oxygens (including phenoxy) is 2. The van der Waals surface area contributed by atoms with Crippen LogP contribution < -0.4 is 19.7 Å². The molecule has 1 saturated heterocycles. The van der Waals surface area contributed by atoms with E-state index >= 15 is 0 Å². The first-order valence-electron chi connectivity index (χ1n) is 7.96. The van der Waals surface area contributed by atoms with Crippen LogP contribution in [0.4, 0.5) is 11.4 Å². The lowest BCUT2D eigenvalue weighted by Crippen LogP contribution is -2.48. The van der Waals surface area contributed by atoms with Gasteiger partial charge < -0.3 is 24.6 Å². The molecule has 0 bridgehead atoms. The second kappa shape index (κ2) is 5.35. The van der Waals surface area contributed by atoms with Crippen molar-refractivity contribution in [3.8, 4) is 11.5 Å². The Bertz CT molecular complexity index is 599. The molecule has 0 aliphatic carbocycles. The molecule has 22 heavy (non-hydrogen) atoms. The Labute approximate surface area is 130 Å². The standard InChI is InChI=1S/C16H21N3O3/c1-11-16(20)19(7-6-18-4-2-3-5-18)13-9-15-14(21-10-22-15)8-12(13)17-11/h8-9,11,17H,2-7,10H2,1H3. The van der Waals surface area contributed by atoms with Gasteiger partial charge in [0.15, 0.2) is 11.5 Å². The van der Waals surface area contributed by atoms with Gasteiger partial charge in [0.1, 0.15) is 6.04 Å². The summed E-state index contributed by atoms with van der Waals surface area (Å²) >= 11 is 0. The first kappa shape index (κ1) is 13.7. The van der Waals surface area contributed by atoms with Crippen LogP contribution in [0, 0.1) is 0 Å². The molecule has 6 nitrogen and oxygen atoms in total. The number of benzene rings is 1. The van der Waals surface area contributed by atoms with E-state index in [1.807, 2.05) is 24.0 Å².